The molecular weight excluding hydrogens is 510 g/mol. The van der Waals surface area contributed by atoms with Crippen molar-refractivity contribution in [3.8, 4) is 0 Å². The van der Waals surface area contributed by atoms with E-state index < -0.39 is 16.1 Å². The van der Waals surface area contributed by atoms with Gasteiger partial charge in [-0.1, -0.05) is 67.8 Å². The number of aryl methyl sites for hydroxylation is 1. The van der Waals surface area contributed by atoms with Crippen molar-refractivity contribution in [2.75, 3.05) is 17.1 Å². The molecule has 3 rings (SSSR count). The van der Waals surface area contributed by atoms with E-state index in [9.17, 15) is 18.0 Å². The van der Waals surface area contributed by atoms with Gasteiger partial charge in [0.1, 0.15) is 6.04 Å². The molecule has 1 N–H and O–H groups in total. The van der Waals surface area contributed by atoms with Gasteiger partial charge in [-0.15, -0.1) is 0 Å². The van der Waals surface area contributed by atoms with Gasteiger partial charge in [-0.25, -0.2) is 8.42 Å². The van der Waals surface area contributed by atoms with Crippen molar-refractivity contribution in [3.63, 3.8) is 0 Å². The van der Waals surface area contributed by atoms with Crippen molar-refractivity contribution >= 4 is 39.1 Å². The van der Waals surface area contributed by atoms with Crippen molar-refractivity contribution in [1.82, 2.24) is 10.2 Å². The zero-order valence-corrected chi connectivity index (χ0v) is 23.5. The lowest BCUT2D eigenvalue weighted by molar-refractivity contribution is -0.141. The maximum absolute atomic E-state index is 13.6. The van der Waals surface area contributed by atoms with Gasteiger partial charge in [0.15, 0.2) is 0 Å². The third kappa shape index (κ3) is 7.95. The third-order valence-electron chi connectivity index (χ3n) is 6.92. The smallest absolute Gasteiger partial charge is 0.243 e. The van der Waals surface area contributed by atoms with E-state index in [0.717, 1.165) is 36.8 Å². The molecule has 0 heterocycles. The summed E-state index contributed by atoms with van der Waals surface area (Å²) in [5.41, 5.74) is 2.21. The number of sulfonamides is 1. The molecule has 0 saturated heterocycles. The molecule has 2 aromatic carbocycles. The van der Waals surface area contributed by atoms with Crippen molar-refractivity contribution in [2.24, 2.45) is 0 Å². The van der Waals surface area contributed by atoms with E-state index in [2.05, 4.69) is 5.32 Å². The first-order valence-corrected chi connectivity index (χ1v) is 15.2. The monoisotopic (exact) mass is 547 g/mol. The molecule has 1 aliphatic rings. The van der Waals surface area contributed by atoms with Gasteiger partial charge < -0.3 is 10.2 Å². The molecule has 2 aromatic rings. The number of rotatable bonds is 12. The predicted molar refractivity (Wildman–Crippen MR) is 149 cm³/mol. The summed E-state index contributed by atoms with van der Waals surface area (Å²) in [6.45, 7) is 4.14. The van der Waals surface area contributed by atoms with Crippen molar-refractivity contribution in [2.45, 2.75) is 77.4 Å². The molecule has 202 valence electrons. The highest BCUT2D eigenvalue weighted by Crippen LogP contribution is 2.24. The summed E-state index contributed by atoms with van der Waals surface area (Å²) in [6.07, 6.45) is 6.18. The number of amides is 2. The fourth-order valence-corrected chi connectivity index (χ4v) is 6.14. The van der Waals surface area contributed by atoms with Crippen LogP contribution in [0.1, 0.15) is 63.0 Å². The van der Waals surface area contributed by atoms with E-state index in [1.165, 1.54) is 10.6 Å². The Bertz CT molecular complexity index is 1180. The van der Waals surface area contributed by atoms with Gasteiger partial charge in [-0.3, -0.25) is 13.9 Å². The van der Waals surface area contributed by atoms with Crippen LogP contribution in [0.2, 0.25) is 5.02 Å². The summed E-state index contributed by atoms with van der Waals surface area (Å²) >= 11 is 6.40. The summed E-state index contributed by atoms with van der Waals surface area (Å²) in [4.78, 5) is 28.4. The van der Waals surface area contributed by atoms with Crippen LogP contribution in [0.3, 0.4) is 0 Å². The van der Waals surface area contributed by atoms with Gasteiger partial charge in [-0.2, -0.15) is 0 Å². The number of para-hydroxylation sites is 1. The van der Waals surface area contributed by atoms with E-state index in [-0.39, 0.29) is 37.4 Å². The maximum atomic E-state index is 13.6. The molecule has 0 aliphatic heterocycles. The fraction of sp³-hybridized carbons (Fsp3) is 0.500. The van der Waals surface area contributed by atoms with E-state index in [1.54, 1.807) is 23.1 Å². The number of nitrogens with zero attached hydrogens (tertiary/aromatic N) is 2. The summed E-state index contributed by atoms with van der Waals surface area (Å²) < 4.78 is 26.4. The molecule has 1 fully saturated rings. The van der Waals surface area contributed by atoms with Crippen molar-refractivity contribution < 1.29 is 18.0 Å². The summed E-state index contributed by atoms with van der Waals surface area (Å²) in [7, 11) is -3.53. The lowest BCUT2D eigenvalue weighted by Gasteiger charge is -2.32. The molecule has 37 heavy (non-hydrogen) atoms. The molecular formula is C28H38ClN3O4S. The molecule has 1 saturated carbocycles. The Morgan fingerprint density at radius 3 is 2.35 bits per heavy atom. The first-order chi connectivity index (χ1) is 17.6. The first-order valence-electron chi connectivity index (χ1n) is 13.0. The van der Waals surface area contributed by atoms with E-state index in [0.29, 0.717) is 23.6 Å². The minimum absolute atomic E-state index is 0.107. The average Bonchev–Trinajstić information content (AvgIpc) is 3.35. The number of halogens is 1. The molecule has 0 spiro atoms. The highest BCUT2D eigenvalue weighted by molar-refractivity contribution is 7.92. The lowest BCUT2D eigenvalue weighted by Crippen LogP contribution is -2.51. The Kier molecular flexibility index (Phi) is 10.4. The van der Waals surface area contributed by atoms with Crippen LogP contribution in [0.25, 0.3) is 0 Å². The number of benzene rings is 2. The number of anilines is 1. The Hall–Kier alpha value is -2.58. The second-order valence-electron chi connectivity index (χ2n) is 9.75. The van der Waals surface area contributed by atoms with Gasteiger partial charge in [0, 0.05) is 30.6 Å². The molecule has 9 heteroatoms. The second-order valence-corrected chi connectivity index (χ2v) is 12.1. The highest BCUT2D eigenvalue weighted by atomic mass is 35.5. The normalized spacial score (nSPS) is 14.8. The van der Waals surface area contributed by atoms with Crippen LogP contribution in [0.4, 0.5) is 5.69 Å². The van der Waals surface area contributed by atoms with Crippen LogP contribution in [-0.4, -0.2) is 50.0 Å². The summed E-state index contributed by atoms with van der Waals surface area (Å²) in [5.74, 6) is -0.348. The fourth-order valence-electron chi connectivity index (χ4n) is 4.92. The molecule has 7 nitrogen and oxygen atoms in total. The number of hydrogen-bond acceptors (Lipinski definition) is 4. The van der Waals surface area contributed by atoms with Crippen LogP contribution >= 0.6 is 11.6 Å². The molecule has 1 aliphatic carbocycles. The van der Waals surface area contributed by atoms with Crippen molar-refractivity contribution in [3.05, 3.63) is 64.7 Å². The quantitative estimate of drug-likeness (QED) is 0.402. The van der Waals surface area contributed by atoms with Crippen LogP contribution in [0.5, 0.6) is 0 Å². The van der Waals surface area contributed by atoms with Crippen LogP contribution < -0.4 is 9.62 Å². The number of nitrogens with one attached hydrogen (secondary N) is 1. The molecule has 1 atom stereocenters. The van der Waals surface area contributed by atoms with Gasteiger partial charge >= 0.3 is 0 Å². The summed E-state index contributed by atoms with van der Waals surface area (Å²) in [6, 6.07) is 14.1. The Morgan fingerprint density at radius 2 is 1.73 bits per heavy atom. The standard InChI is InChI=1S/C28H38ClN3O4S/c1-4-25(28(34)30-23-14-7-8-15-23)31(20-22-13-6-9-16-24(22)29)27(33)18-11-19-32(37(3,35)36)26-17-10-5-12-21(26)2/h5-6,9-10,12-13,16-17,23,25H,4,7-8,11,14-15,18-20H2,1-3H3,(H,30,34)/t25-/m0/s1. The molecule has 2 amide bonds. The number of carbonyl (C=O) groups excluding carboxylic acids is 2. The van der Waals surface area contributed by atoms with Gasteiger partial charge in [-0.05, 0) is 55.9 Å². The SMILES string of the molecule is CC[C@@H](C(=O)NC1CCCC1)N(Cc1ccccc1Cl)C(=O)CCCN(c1ccccc1C)S(C)(=O)=O. The second kappa shape index (κ2) is 13.3. The minimum Gasteiger partial charge on any atom is -0.352 e. The van der Waals surface area contributed by atoms with E-state index in [1.807, 2.05) is 44.2 Å². The van der Waals surface area contributed by atoms with Crippen LogP contribution in [0.15, 0.2) is 48.5 Å². The van der Waals surface area contributed by atoms with Crippen molar-refractivity contribution in [1.29, 1.82) is 0 Å². The van der Waals surface area contributed by atoms with Gasteiger partial charge in [0.2, 0.25) is 21.8 Å². The number of hydrogen-bond donors (Lipinski definition) is 1. The largest absolute Gasteiger partial charge is 0.352 e. The Labute approximate surface area is 226 Å². The van der Waals surface area contributed by atoms with Gasteiger partial charge in [0.05, 0.1) is 11.9 Å². The number of carbonyl (C=O) groups is 2. The third-order valence-corrected chi connectivity index (χ3v) is 8.47. The van der Waals surface area contributed by atoms with Gasteiger partial charge in [0.25, 0.3) is 0 Å². The van der Waals surface area contributed by atoms with Crippen LogP contribution in [0, 0.1) is 6.92 Å². The summed E-state index contributed by atoms with van der Waals surface area (Å²) in [5, 5.41) is 3.67. The molecule has 0 aromatic heterocycles. The van der Waals surface area contributed by atoms with E-state index in [4.69, 9.17) is 11.6 Å². The average molecular weight is 548 g/mol. The molecule has 0 unspecified atom stereocenters. The first kappa shape index (κ1) is 29.0. The highest BCUT2D eigenvalue weighted by Gasteiger charge is 2.31. The molecule has 0 radical (unpaired) electrons. The lowest BCUT2D eigenvalue weighted by atomic mass is 10.1. The molecule has 0 bridgehead atoms. The van der Waals surface area contributed by atoms with E-state index >= 15 is 0 Å². The predicted octanol–water partition coefficient (Wildman–Crippen LogP) is 5.06. The minimum atomic E-state index is -3.53. The van der Waals surface area contributed by atoms with Crippen LogP contribution in [-0.2, 0) is 26.2 Å². The Morgan fingerprint density at radius 1 is 1.08 bits per heavy atom. The Balaban J connectivity index is 1.77. The zero-order valence-electron chi connectivity index (χ0n) is 22.0. The topological polar surface area (TPSA) is 86.8 Å². The zero-order chi connectivity index (χ0) is 27.0. The maximum Gasteiger partial charge on any atom is 0.243 e.